The van der Waals surface area contributed by atoms with E-state index in [9.17, 15) is 0 Å². The fourth-order valence-corrected chi connectivity index (χ4v) is 11.7. The quantitative estimate of drug-likeness (QED) is 0.131. The first-order chi connectivity index (χ1) is 39.2. The van der Waals surface area contributed by atoms with Crippen LogP contribution in [0.5, 0.6) is 0 Å². The van der Waals surface area contributed by atoms with Crippen LogP contribution in [0.3, 0.4) is 0 Å². The average molecular weight is 1040 g/mol. The molecule has 80 heavy (non-hydrogen) atoms. The zero-order chi connectivity index (χ0) is 54.2. The van der Waals surface area contributed by atoms with Gasteiger partial charge in [0.2, 0.25) is 11.8 Å². The van der Waals surface area contributed by atoms with Crippen LogP contribution in [0.15, 0.2) is 227 Å². The molecule has 8 heterocycles. The molecular formula is C69H52N8O3. The van der Waals surface area contributed by atoms with Crippen LogP contribution < -0.4 is 0 Å². The third-order valence-electron chi connectivity index (χ3n) is 15.3. The molecule has 0 aliphatic carbocycles. The van der Waals surface area contributed by atoms with Crippen LogP contribution in [0.4, 0.5) is 0 Å². The summed E-state index contributed by atoms with van der Waals surface area (Å²) in [6, 6.07) is 54.4. The number of allylic oxidation sites excluding steroid dienone is 1. The summed E-state index contributed by atoms with van der Waals surface area (Å²) >= 11 is 0. The van der Waals surface area contributed by atoms with Gasteiger partial charge in [0.15, 0.2) is 0 Å². The molecule has 15 rings (SSSR count). The summed E-state index contributed by atoms with van der Waals surface area (Å²) in [7, 11) is 0. The van der Waals surface area contributed by atoms with E-state index in [-0.39, 0.29) is 6.04 Å². The molecule has 386 valence electrons. The van der Waals surface area contributed by atoms with Gasteiger partial charge in [-0.15, -0.1) is 6.58 Å². The highest BCUT2D eigenvalue weighted by molar-refractivity contribution is 6.17. The number of rotatable bonds is 9. The number of nitrogens with zero attached hydrogens (tertiary/aromatic N) is 8. The molecule has 0 unspecified atom stereocenters. The normalized spacial score (nSPS) is 11.7. The van der Waals surface area contributed by atoms with Crippen LogP contribution in [-0.2, 0) is 0 Å². The summed E-state index contributed by atoms with van der Waals surface area (Å²) in [5.41, 5.74) is 18.5. The van der Waals surface area contributed by atoms with Gasteiger partial charge in [0.05, 0.1) is 52.5 Å². The second-order valence-corrected chi connectivity index (χ2v) is 20.4. The van der Waals surface area contributed by atoms with Crippen molar-refractivity contribution < 1.29 is 13.3 Å². The molecule has 0 fully saturated rings. The highest BCUT2D eigenvalue weighted by Crippen LogP contribution is 2.46. The lowest BCUT2D eigenvalue weighted by Gasteiger charge is -2.15. The molecule has 0 bridgehead atoms. The maximum atomic E-state index is 7.35. The maximum Gasteiger partial charge on any atom is 0.225 e. The summed E-state index contributed by atoms with van der Waals surface area (Å²) in [6.45, 7) is 13.9. The van der Waals surface area contributed by atoms with Gasteiger partial charge in [-0.1, -0.05) is 66.7 Å². The number of hydrogen-bond donors (Lipinski definition) is 0. The summed E-state index contributed by atoms with van der Waals surface area (Å²) in [5, 5.41) is 6.39. The molecule has 0 spiro atoms. The van der Waals surface area contributed by atoms with Crippen molar-refractivity contribution in [3.05, 3.63) is 225 Å². The Kier molecular flexibility index (Phi) is 11.6. The van der Waals surface area contributed by atoms with Gasteiger partial charge in [-0.25, -0.2) is 15.0 Å². The SMILES string of the molecule is C=CC.Cc1nc(-c2cccc(-n3c4ccccc4c4cc(-c5cc(-c6cccc(-c7ncco7)c6)c6oc7c(-c8cccc(-c9ncco9)c8)cc(-n8c9cnccc9c9ccncc98)cc7c6c5)ccc43)c2)n(C(C)C)c1C. The Morgan fingerprint density at radius 1 is 0.475 bits per heavy atom. The molecule has 11 nitrogen and oxygen atoms in total. The third-order valence-corrected chi connectivity index (χ3v) is 15.3. The van der Waals surface area contributed by atoms with Gasteiger partial charge in [0.25, 0.3) is 0 Å². The van der Waals surface area contributed by atoms with Gasteiger partial charge in [-0.05, 0) is 148 Å². The summed E-state index contributed by atoms with van der Waals surface area (Å²) in [4.78, 5) is 23.4. The van der Waals surface area contributed by atoms with Crippen LogP contribution in [-0.4, -0.2) is 38.6 Å². The lowest BCUT2D eigenvalue weighted by atomic mass is 9.93. The van der Waals surface area contributed by atoms with Crippen LogP contribution in [0.2, 0.25) is 0 Å². The van der Waals surface area contributed by atoms with Crippen LogP contribution in [0.1, 0.15) is 38.2 Å². The van der Waals surface area contributed by atoms with Gasteiger partial charge < -0.3 is 27.0 Å². The van der Waals surface area contributed by atoms with Crippen molar-refractivity contribution in [2.45, 2.75) is 40.7 Å². The van der Waals surface area contributed by atoms with Crippen LogP contribution in [0.25, 0.3) is 145 Å². The van der Waals surface area contributed by atoms with Crippen LogP contribution >= 0.6 is 0 Å². The van der Waals surface area contributed by atoms with E-state index in [1.54, 1.807) is 31.0 Å². The van der Waals surface area contributed by atoms with Crippen molar-refractivity contribution in [3.8, 4) is 79.1 Å². The molecule has 0 aliphatic rings. The van der Waals surface area contributed by atoms with Gasteiger partial charge in [0, 0.05) is 95.6 Å². The fourth-order valence-electron chi connectivity index (χ4n) is 11.7. The number of oxazole rings is 2. The highest BCUT2D eigenvalue weighted by atomic mass is 16.3. The van der Waals surface area contributed by atoms with Crippen molar-refractivity contribution in [2.75, 3.05) is 0 Å². The number of imidazole rings is 1. The minimum Gasteiger partial charge on any atom is -0.455 e. The molecule has 11 heteroatoms. The largest absolute Gasteiger partial charge is 0.455 e. The van der Waals surface area contributed by atoms with E-state index < -0.39 is 0 Å². The molecular weight excluding hydrogens is 989 g/mol. The van der Waals surface area contributed by atoms with E-state index in [0.29, 0.717) is 11.8 Å². The third kappa shape index (κ3) is 7.84. The van der Waals surface area contributed by atoms with Gasteiger partial charge in [0.1, 0.15) is 29.5 Å². The molecule has 8 aromatic heterocycles. The lowest BCUT2D eigenvalue weighted by Crippen LogP contribution is -2.05. The van der Waals surface area contributed by atoms with Crippen LogP contribution in [0, 0.1) is 13.8 Å². The van der Waals surface area contributed by atoms with Crippen molar-refractivity contribution in [1.29, 1.82) is 0 Å². The second kappa shape index (κ2) is 19.3. The molecule has 0 saturated carbocycles. The van der Waals surface area contributed by atoms with E-state index >= 15 is 0 Å². The van der Waals surface area contributed by atoms with Gasteiger partial charge >= 0.3 is 0 Å². The summed E-state index contributed by atoms with van der Waals surface area (Å²) < 4.78 is 26.0. The number of aromatic nitrogens is 8. The Morgan fingerprint density at radius 2 is 1.04 bits per heavy atom. The zero-order valence-electron chi connectivity index (χ0n) is 44.7. The predicted octanol–water partition coefficient (Wildman–Crippen LogP) is 18.1. The average Bonchev–Trinajstić information content (AvgIpc) is 4.45. The topological polar surface area (TPSA) is 119 Å². The molecule has 0 aliphatic heterocycles. The molecule has 0 amide bonds. The number of furan rings is 1. The molecule has 0 atom stereocenters. The zero-order valence-corrected chi connectivity index (χ0v) is 44.7. The Labute approximate surface area is 460 Å². The lowest BCUT2D eigenvalue weighted by molar-refractivity contribution is 0.574. The summed E-state index contributed by atoms with van der Waals surface area (Å²) in [6.07, 6.45) is 15.8. The number of benzene rings is 7. The number of hydrogen-bond acceptors (Lipinski definition) is 8. The van der Waals surface area contributed by atoms with Crippen molar-refractivity contribution in [3.63, 3.8) is 0 Å². The second-order valence-electron chi connectivity index (χ2n) is 20.4. The highest BCUT2D eigenvalue weighted by Gasteiger charge is 2.24. The predicted molar refractivity (Wildman–Crippen MR) is 322 cm³/mol. The minimum absolute atomic E-state index is 0.264. The standard InChI is InChI=1S/C66H46N8O3.C3H6/c1-38(2)72-40(4)39(3)71-64(72)44-12-9-15-48(30-44)73-58-17-6-5-16-50(58)55-31-41(18-19-59(55)73)47-32-53(42-10-7-13-45(28-42)65-69-24-26-75-65)62-56(33-47)57-35-49(74-60-36-67-22-20-51(60)52-21-23-68-37-61(52)74)34-54(63(57)77-62)43-11-8-14-46(29-43)66-70-25-27-76-66;1-3-2/h5-38H,1-4H3;3H,1H2,2H3. The Hall–Kier alpha value is -10.4. The number of pyridine rings is 2. The van der Waals surface area contributed by atoms with E-state index in [4.69, 9.17) is 18.2 Å². The molecule has 0 saturated heterocycles. The molecule has 15 aromatic rings. The molecule has 0 radical (unpaired) electrons. The van der Waals surface area contributed by atoms with Crippen molar-refractivity contribution >= 4 is 65.6 Å². The Morgan fingerprint density at radius 3 is 1.69 bits per heavy atom. The Bertz CT molecular complexity index is 4820. The van der Waals surface area contributed by atoms with Crippen molar-refractivity contribution in [1.82, 2.24) is 38.6 Å². The first kappa shape index (κ1) is 48.0. The van der Waals surface area contributed by atoms with Gasteiger partial charge in [-0.3, -0.25) is 9.97 Å². The smallest absolute Gasteiger partial charge is 0.225 e. The monoisotopic (exact) mass is 1040 g/mol. The first-order valence-electron chi connectivity index (χ1n) is 26.7. The fraction of sp³-hybridized carbons (Fsp3) is 0.0870. The molecule has 0 N–H and O–H groups in total. The maximum absolute atomic E-state index is 7.35. The van der Waals surface area contributed by atoms with E-state index in [2.05, 4.69) is 195 Å². The number of fused-ring (bicyclic) bond motifs is 9. The van der Waals surface area contributed by atoms with Gasteiger partial charge in [-0.2, -0.15) is 0 Å². The number of para-hydroxylation sites is 1. The van der Waals surface area contributed by atoms with Crippen molar-refractivity contribution in [2.24, 2.45) is 0 Å². The van der Waals surface area contributed by atoms with E-state index in [1.807, 2.05) is 56.0 Å². The Balaban J connectivity index is 0.00000188. The van der Waals surface area contributed by atoms with E-state index in [0.717, 1.165) is 139 Å². The summed E-state index contributed by atoms with van der Waals surface area (Å²) in [5.74, 6) is 2.06. The number of aryl methyl sites for hydroxylation is 1. The minimum atomic E-state index is 0.264. The first-order valence-corrected chi connectivity index (χ1v) is 26.7. The molecule has 7 aromatic carbocycles. The van der Waals surface area contributed by atoms with E-state index in [1.165, 1.54) is 5.69 Å².